The minimum atomic E-state index is -0.00963. The number of hydrogen-bond acceptors (Lipinski definition) is 2. The van der Waals surface area contributed by atoms with Crippen molar-refractivity contribution in [1.29, 1.82) is 0 Å². The zero-order valence-electron chi connectivity index (χ0n) is 9.87. The first-order valence-electron chi connectivity index (χ1n) is 5.96. The van der Waals surface area contributed by atoms with Crippen LogP contribution in [0.3, 0.4) is 0 Å². The van der Waals surface area contributed by atoms with Gasteiger partial charge in [-0.15, -0.1) is 0 Å². The summed E-state index contributed by atoms with van der Waals surface area (Å²) in [5.41, 5.74) is 1.12. The zero-order chi connectivity index (χ0) is 12.3. The summed E-state index contributed by atoms with van der Waals surface area (Å²) in [4.78, 5) is 11.9. The van der Waals surface area contributed by atoms with Gasteiger partial charge in [-0.05, 0) is 44.0 Å². The summed E-state index contributed by atoms with van der Waals surface area (Å²) >= 11 is 3.44. The molecule has 3 nitrogen and oxygen atoms in total. The minimum Gasteiger partial charge on any atom is -0.348 e. The molecule has 1 aliphatic rings. The van der Waals surface area contributed by atoms with Crippen molar-refractivity contribution in [2.45, 2.75) is 31.8 Å². The molecule has 0 radical (unpaired) electrons. The van der Waals surface area contributed by atoms with E-state index in [1.54, 1.807) is 0 Å². The molecule has 2 N–H and O–H groups in total. The van der Waals surface area contributed by atoms with Gasteiger partial charge in [-0.2, -0.15) is 0 Å². The van der Waals surface area contributed by atoms with Crippen LogP contribution in [-0.2, 0) is 4.79 Å². The maximum atomic E-state index is 11.9. The highest BCUT2D eigenvalue weighted by molar-refractivity contribution is 9.10. The van der Waals surface area contributed by atoms with Gasteiger partial charge in [0.2, 0.25) is 5.91 Å². The Kier molecular flexibility index (Phi) is 4.18. The van der Waals surface area contributed by atoms with Crippen LogP contribution in [0.25, 0.3) is 0 Å². The number of rotatable bonds is 3. The lowest BCUT2D eigenvalue weighted by atomic mass is 10.1. The van der Waals surface area contributed by atoms with Crippen LogP contribution < -0.4 is 10.6 Å². The summed E-state index contributed by atoms with van der Waals surface area (Å²) in [5, 5.41) is 6.25. The molecule has 2 atom stereocenters. The predicted molar refractivity (Wildman–Crippen MR) is 71.7 cm³/mol. The number of carbonyl (C=O) groups excluding carboxylic acids is 1. The van der Waals surface area contributed by atoms with E-state index >= 15 is 0 Å². The molecule has 0 aromatic heterocycles. The Labute approximate surface area is 110 Å². The molecule has 17 heavy (non-hydrogen) atoms. The Hall–Kier alpha value is -0.870. The molecule has 1 aromatic rings. The fourth-order valence-electron chi connectivity index (χ4n) is 2.08. The van der Waals surface area contributed by atoms with E-state index in [0.29, 0.717) is 0 Å². The predicted octanol–water partition coefficient (Wildman–Crippen LogP) is 2.38. The zero-order valence-corrected chi connectivity index (χ0v) is 11.5. The van der Waals surface area contributed by atoms with Crippen molar-refractivity contribution in [2.24, 2.45) is 0 Å². The van der Waals surface area contributed by atoms with E-state index in [2.05, 4.69) is 26.6 Å². The third-order valence-electron chi connectivity index (χ3n) is 3.08. The fraction of sp³-hybridized carbons (Fsp3) is 0.462. The molecule has 1 aromatic carbocycles. The lowest BCUT2D eigenvalue weighted by molar-refractivity contribution is -0.123. The van der Waals surface area contributed by atoms with Crippen LogP contribution in [0, 0.1) is 0 Å². The quantitative estimate of drug-likeness (QED) is 0.899. The average Bonchev–Trinajstić information content (AvgIpc) is 2.82. The number of hydrogen-bond donors (Lipinski definition) is 2. The van der Waals surface area contributed by atoms with Crippen molar-refractivity contribution in [2.75, 3.05) is 6.54 Å². The van der Waals surface area contributed by atoms with Crippen molar-refractivity contribution in [1.82, 2.24) is 10.6 Å². The lowest BCUT2D eigenvalue weighted by Gasteiger charge is -2.17. The van der Waals surface area contributed by atoms with E-state index in [1.807, 2.05) is 31.2 Å². The van der Waals surface area contributed by atoms with E-state index in [-0.39, 0.29) is 18.0 Å². The summed E-state index contributed by atoms with van der Waals surface area (Å²) in [6.45, 7) is 2.96. The summed E-state index contributed by atoms with van der Waals surface area (Å²) in [7, 11) is 0. The molecule has 1 heterocycles. The maximum Gasteiger partial charge on any atom is 0.237 e. The van der Waals surface area contributed by atoms with Gasteiger partial charge in [-0.1, -0.05) is 28.1 Å². The molecule has 1 saturated heterocycles. The van der Waals surface area contributed by atoms with E-state index < -0.39 is 0 Å². The smallest absolute Gasteiger partial charge is 0.237 e. The van der Waals surface area contributed by atoms with Gasteiger partial charge in [0.1, 0.15) is 0 Å². The van der Waals surface area contributed by atoms with Gasteiger partial charge in [0.15, 0.2) is 0 Å². The van der Waals surface area contributed by atoms with Gasteiger partial charge in [0.25, 0.3) is 0 Å². The van der Waals surface area contributed by atoms with E-state index in [0.717, 1.165) is 29.4 Å². The second-order valence-electron chi connectivity index (χ2n) is 4.43. The summed E-state index contributed by atoms with van der Waals surface area (Å²) in [5.74, 6) is 0.106. The second-order valence-corrected chi connectivity index (χ2v) is 5.35. The Morgan fingerprint density at radius 1 is 1.59 bits per heavy atom. The normalized spacial score (nSPS) is 21.2. The molecule has 92 valence electrons. The number of nitrogens with one attached hydrogen (secondary N) is 2. The highest BCUT2D eigenvalue weighted by atomic mass is 79.9. The standard InChI is InChI=1S/C13H17BrN2O/c1-9(10-4-2-5-11(14)8-10)16-13(17)12-6-3-7-15-12/h2,4-5,8-9,12,15H,3,6-7H2,1H3,(H,16,17)/t9-,12?/m1/s1. The minimum absolute atomic E-state index is 0.00963. The Balaban J connectivity index is 1.96. The number of amides is 1. The van der Waals surface area contributed by atoms with Gasteiger partial charge < -0.3 is 10.6 Å². The Morgan fingerprint density at radius 3 is 3.06 bits per heavy atom. The van der Waals surface area contributed by atoms with Crippen molar-refractivity contribution >= 4 is 21.8 Å². The molecule has 2 rings (SSSR count). The highest BCUT2D eigenvalue weighted by Gasteiger charge is 2.23. The molecule has 1 amide bonds. The molecule has 1 aliphatic heterocycles. The number of benzene rings is 1. The lowest BCUT2D eigenvalue weighted by Crippen LogP contribution is -2.41. The van der Waals surface area contributed by atoms with Crippen molar-refractivity contribution in [3.05, 3.63) is 34.3 Å². The SMILES string of the molecule is C[C@@H](NC(=O)C1CCCN1)c1cccc(Br)c1. The number of carbonyl (C=O) groups is 1. The van der Waals surface area contributed by atoms with Gasteiger partial charge in [-0.25, -0.2) is 0 Å². The Morgan fingerprint density at radius 2 is 2.41 bits per heavy atom. The molecular formula is C13H17BrN2O. The molecule has 1 unspecified atom stereocenters. The molecule has 4 heteroatoms. The van der Waals surface area contributed by atoms with Crippen LogP contribution in [0.15, 0.2) is 28.7 Å². The molecule has 0 spiro atoms. The molecule has 1 fully saturated rings. The van der Waals surface area contributed by atoms with Crippen LogP contribution in [0.2, 0.25) is 0 Å². The average molecular weight is 297 g/mol. The van der Waals surface area contributed by atoms with Crippen LogP contribution in [0.1, 0.15) is 31.4 Å². The van der Waals surface area contributed by atoms with Crippen molar-refractivity contribution < 1.29 is 4.79 Å². The summed E-state index contributed by atoms with van der Waals surface area (Å²) < 4.78 is 1.04. The summed E-state index contributed by atoms with van der Waals surface area (Å²) in [6, 6.07) is 8.06. The van der Waals surface area contributed by atoms with Crippen LogP contribution in [0.5, 0.6) is 0 Å². The van der Waals surface area contributed by atoms with E-state index in [1.165, 1.54) is 0 Å². The molecular weight excluding hydrogens is 280 g/mol. The van der Waals surface area contributed by atoms with Crippen molar-refractivity contribution in [3.63, 3.8) is 0 Å². The fourth-order valence-corrected chi connectivity index (χ4v) is 2.50. The third kappa shape index (κ3) is 3.30. The summed E-state index contributed by atoms with van der Waals surface area (Å²) in [6.07, 6.45) is 2.03. The second kappa shape index (κ2) is 5.65. The van der Waals surface area contributed by atoms with Gasteiger partial charge in [-0.3, -0.25) is 4.79 Å². The largest absolute Gasteiger partial charge is 0.348 e. The van der Waals surface area contributed by atoms with E-state index in [4.69, 9.17) is 0 Å². The first kappa shape index (κ1) is 12.6. The maximum absolute atomic E-state index is 11.9. The topological polar surface area (TPSA) is 41.1 Å². The van der Waals surface area contributed by atoms with Crippen LogP contribution in [0.4, 0.5) is 0 Å². The third-order valence-corrected chi connectivity index (χ3v) is 3.58. The highest BCUT2D eigenvalue weighted by Crippen LogP contribution is 2.18. The molecule has 0 saturated carbocycles. The number of halogens is 1. The first-order valence-corrected chi connectivity index (χ1v) is 6.75. The molecule has 0 aliphatic carbocycles. The Bertz CT molecular complexity index is 402. The van der Waals surface area contributed by atoms with Crippen molar-refractivity contribution in [3.8, 4) is 0 Å². The van der Waals surface area contributed by atoms with Crippen LogP contribution in [-0.4, -0.2) is 18.5 Å². The van der Waals surface area contributed by atoms with Gasteiger partial charge >= 0.3 is 0 Å². The van der Waals surface area contributed by atoms with Gasteiger partial charge in [0.05, 0.1) is 12.1 Å². The molecule has 0 bridgehead atoms. The monoisotopic (exact) mass is 296 g/mol. The van der Waals surface area contributed by atoms with Crippen LogP contribution >= 0.6 is 15.9 Å². The first-order chi connectivity index (χ1) is 8.16. The van der Waals surface area contributed by atoms with E-state index in [9.17, 15) is 4.79 Å². The van der Waals surface area contributed by atoms with Gasteiger partial charge in [0, 0.05) is 4.47 Å².